The van der Waals surface area contributed by atoms with Crippen LogP contribution in [0.15, 0.2) is 30.5 Å². The lowest BCUT2D eigenvalue weighted by Crippen LogP contribution is -2.20. The molecule has 19 heavy (non-hydrogen) atoms. The van der Waals surface area contributed by atoms with Crippen LogP contribution in [0.4, 0.5) is 5.69 Å². The molecular formula is C15H17ClN2S. The number of benzene rings is 1. The molecule has 1 saturated heterocycles. The molecule has 1 fully saturated rings. The van der Waals surface area contributed by atoms with Gasteiger partial charge < -0.3 is 5.32 Å². The minimum absolute atomic E-state index is 0.736. The number of rotatable bonds is 3. The van der Waals surface area contributed by atoms with E-state index in [2.05, 4.69) is 22.1 Å². The first-order valence-electron chi connectivity index (χ1n) is 6.73. The summed E-state index contributed by atoms with van der Waals surface area (Å²) >= 11 is 8.10. The van der Waals surface area contributed by atoms with Crippen molar-refractivity contribution in [1.29, 1.82) is 0 Å². The Hall–Kier alpha value is -0.930. The van der Waals surface area contributed by atoms with Gasteiger partial charge in [0.1, 0.15) is 0 Å². The molecular weight excluding hydrogens is 276 g/mol. The Kier molecular flexibility index (Phi) is 4.14. The van der Waals surface area contributed by atoms with Gasteiger partial charge in [-0.25, -0.2) is 0 Å². The molecule has 1 N–H and O–H groups in total. The minimum atomic E-state index is 0.736. The van der Waals surface area contributed by atoms with Crippen molar-refractivity contribution in [2.75, 3.05) is 17.6 Å². The molecule has 2 aromatic rings. The SMILES string of the molecule is Clc1ccc2c(NCC3CCCCS3)ccnc2c1. The molecule has 1 aliphatic heterocycles. The molecule has 0 bridgehead atoms. The minimum Gasteiger partial charge on any atom is -0.383 e. The fourth-order valence-electron chi connectivity index (χ4n) is 2.47. The van der Waals surface area contributed by atoms with Crippen molar-refractivity contribution in [2.24, 2.45) is 0 Å². The topological polar surface area (TPSA) is 24.9 Å². The van der Waals surface area contributed by atoms with Gasteiger partial charge in [0.2, 0.25) is 0 Å². The van der Waals surface area contributed by atoms with Crippen LogP contribution in [0.3, 0.4) is 0 Å². The van der Waals surface area contributed by atoms with Crippen LogP contribution in [0.25, 0.3) is 10.9 Å². The van der Waals surface area contributed by atoms with E-state index in [-0.39, 0.29) is 0 Å². The number of halogens is 1. The van der Waals surface area contributed by atoms with Crippen LogP contribution in [0.5, 0.6) is 0 Å². The van der Waals surface area contributed by atoms with Crippen LogP contribution in [0, 0.1) is 0 Å². The molecule has 0 spiro atoms. The lowest BCUT2D eigenvalue weighted by molar-refractivity contribution is 0.678. The number of fused-ring (bicyclic) bond motifs is 1. The summed E-state index contributed by atoms with van der Waals surface area (Å²) in [4.78, 5) is 4.37. The van der Waals surface area contributed by atoms with Crippen LogP contribution in [-0.4, -0.2) is 22.5 Å². The van der Waals surface area contributed by atoms with E-state index < -0.39 is 0 Å². The number of aromatic nitrogens is 1. The van der Waals surface area contributed by atoms with E-state index in [0.29, 0.717) is 0 Å². The van der Waals surface area contributed by atoms with Crippen LogP contribution < -0.4 is 5.32 Å². The maximum Gasteiger partial charge on any atom is 0.0737 e. The highest BCUT2D eigenvalue weighted by Crippen LogP contribution is 2.27. The number of anilines is 1. The zero-order valence-electron chi connectivity index (χ0n) is 10.7. The van der Waals surface area contributed by atoms with Gasteiger partial charge in [-0.1, -0.05) is 18.0 Å². The molecule has 0 radical (unpaired) electrons. The van der Waals surface area contributed by atoms with E-state index in [9.17, 15) is 0 Å². The zero-order valence-corrected chi connectivity index (χ0v) is 12.3. The molecule has 0 saturated carbocycles. The average Bonchev–Trinajstić information content (AvgIpc) is 2.45. The largest absolute Gasteiger partial charge is 0.383 e. The van der Waals surface area contributed by atoms with Crippen molar-refractivity contribution in [3.05, 3.63) is 35.5 Å². The maximum atomic E-state index is 6.01. The second-order valence-electron chi connectivity index (χ2n) is 4.89. The molecule has 4 heteroatoms. The Morgan fingerprint density at radius 3 is 3.11 bits per heavy atom. The molecule has 1 atom stereocenters. The Balaban J connectivity index is 1.76. The van der Waals surface area contributed by atoms with Gasteiger partial charge in [0.15, 0.2) is 0 Å². The molecule has 1 aromatic heterocycles. The van der Waals surface area contributed by atoms with Crippen molar-refractivity contribution in [3.63, 3.8) is 0 Å². The highest BCUT2D eigenvalue weighted by molar-refractivity contribution is 7.99. The average molecular weight is 293 g/mol. The third-order valence-corrected chi connectivity index (χ3v) is 5.13. The summed E-state index contributed by atoms with van der Waals surface area (Å²) in [7, 11) is 0. The standard InChI is InChI=1S/C15H17ClN2S/c16-11-4-5-13-14(6-7-17-15(13)9-11)18-10-12-3-1-2-8-19-12/h4-7,9,12H,1-3,8,10H2,(H,17,18). The van der Waals surface area contributed by atoms with Crippen molar-refractivity contribution >= 4 is 40.0 Å². The molecule has 3 rings (SSSR count). The first-order chi connectivity index (χ1) is 9.33. The van der Waals surface area contributed by atoms with Gasteiger partial charge in [-0.2, -0.15) is 11.8 Å². The molecule has 1 aromatic carbocycles. The highest BCUT2D eigenvalue weighted by atomic mass is 35.5. The first kappa shape index (κ1) is 13.1. The lowest BCUT2D eigenvalue weighted by atomic mass is 10.1. The summed E-state index contributed by atoms with van der Waals surface area (Å²) < 4.78 is 0. The molecule has 0 aliphatic carbocycles. The van der Waals surface area contributed by atoms with Crippen LogP contribution in [-0.2, 0) is 0 Å². The van der Waals surface area contributed by atoms with Crippen LogP contribution >= 0.6 is 23.4 Å². The van der Waals surface area contributed by atoms with E-state index in [1.807, 2.05) is 30.5 Å². The molecule has 1 aliphatic rings. The Labute approximate surface area is 122 Å². The Bertz CT molecular complexity index is 567. The van der Waals surface area contributed by atoms with Gasteiger partial charge in [0.25, 0.3) is 0 Å². The van der Waals surface area contributed by atoms with E-state index in [0.717, 1.165) is 33.4 Å². The number of pyridine rings is 1. The Morgan fingerprint density at radius 2 is 2.26 bits per heavy atom. The van der Waals surface area contributed by atoms with Crippen molar-refractivity contribution in [2.45, 2.75) is 24.5 Å². The number of hydrogen-bond donors (Lipinski definition) is 1. The summed E-state index contributed by atoms with van der Waals surface area (Å²) in [5, 5.41) is 6.20. The predicted octanol–water partition coefficient (Wildman–Crippen LogP) is 4.59. The van der Waals surface area contributed by atoms with E-state index in [1.165, 1.54) is 25.0 Å². The summed E-state index contributed by atoms with van der Waals surface area (Å²) in [6, 6.07) is 7.92. The lowest BCUT2D eigenvalue weighted by Gasteiger charge is -2.22. The summed E-state index contributed by atoms with van der Waals surface area (Å²) in [6.07, 6.45) is 5.91. The number of thioether (sulfide) groups is 1. The van der Waals surface area contributed by atoms with Gasteiger partial charge in [-0.05, 0) is 42.9 Å². The molecule has 0 amide bonds. The summed E-state index contributed by atoms with van der Waals surface area (Å²) in [5.41, 5.74) is 2.11. The van der Waals surface area contributed by atoms with Crippen LogP contribution in [0.2, 0.25) is 5.02 Å². The van der Waals surface area contributed by atoms with Crippen LogP contribution in [0.1, 0.15) is 19.3 Å². The zero-order chi connectivity index (χ0) is 13.1. The predicted molar refractivity (Wildman–Crippen MR) is 85.3 cm³/mol. The monoisotopic (exact) mass is 292 g/mol. The van der Waals surface area contributed by atoms with Gasteiger partial charge in [-0.3, -0.25) is 4.98 Å². The second kappa shape index (κ2) is 6.02. The number of nitrogens with zero attached hydrogens (tertiary/aromatic N) is 1. The Morgan fingerprint density at radius 1 is 1.32 bits per heavy atom. The molecule has 2 nitrogen and oxygen atoms in total. The molecule has 2 heterocycles. The number of nitrogens with one attached hydrogen (secondary N) is 1. The number of hydrogen-bond acceptors (Lipinski definition) is 3. The summed E-state index contributed by atoms with van der Waals surface area (Å²) in [5.74, 6) is 1.30. The quantitative estimate of drug-likeness (QED) is 0.896. The van der Waals surface area contributed by atoms with Gasteiger partial charge in [0.05, 0.1) is 5.52 Å². The van der Waals surface area contributed by atoms with E-state index in [1.54, 1.807) is 0 Å². The molecule has 100 valence electrons. The van der Waals surface area contributed by atoms with Crippen molar-refractivity contribution in [1.82, 2.24) is 4.98 Å². The van der Waals surface area contributed by atoms with Gasteiger partial charge in [0, 0.05) is 34.1 Å². The van der Waals surface area contributed by atoms with E-state index in [4.69, 9.17) is 11.6 Å². The normalized spacial score (nSPS) is 19.5. The fraction of sp³-hybridized carbons (Fsp3) is 0.400. The second-order valence-corrected chi connectivity index (χ2v) is 6.73. The highest BCUT2D eigenvalue weighted by Gasteiger charge is 2.13. The first-order valence-corrected chi connectivity index (χ1v) is 8.15. The third-order valence-electron chi connectivity index (χ3n) is 3.50. The van der Waals surface area contributed by atoms with E-state index >= 15 is 0 Å². The van der Waals surface area contributed by atoms with Gasteiger partial charge >= 0.3 is 0 Å². The smallest absolute Gasteiger partial charge is 0.0737 e. The maximum absolute atomic E-state index is 6.01. The van der Waals surface area contributed by atoms with Crippen molar-refractivity contribution < 1.29 is 0 Å². The fourth-order valence-corrected chi connectivity index (χ4v) is 3.87. The van der Waals surface area contributed by atoms with Crippen molar-refractivity contribution in [3.8, 4) is 0 Å². The van der Waals surface area contributed by atoms with Gasteiger partial charge in [-0.15, -0.1) is 0 Å². The third kappa shape index (κ3) is 3.15. The molecule has 1 unspecified atom stereocenters. The summed E-state index contributed by atoms with van der Waals surface area (Å²) in [6.45, 7) is 1.03.